The van der Waals surface area contributed by atoms with E-state index in [4.69, 9.17) is 21.1 Å². The number of benzene rings is 2. The van der Waals surface area contributed by atoms with Gasteiger partial charge in [0.2, 0.25) is 5.91 Å². The third-order valence-corrected chi connectivity index (χ3v) is 4.57. The van der Waals surface area contributed by atoms with E-state index < -0.39 is 0 Å². The molecule has 0 unspecified atom stereocenters. The lowest BCUT2D eigenvalue weighted by atomic mass is 10.1. The molecular weight excluding hydrogens is 352 g/mol. The maximum Gasteiger partial charge on any atom is 0.234 e. The standard InChI is InChI=1S/C20H25ClN2O3/c1-13(16-7-5-6-8-18(16)21)22-12-20(24)23-14(2)17-11-15(25-3)9-10-19(17)26-4/h5-11,13-14,22H,12H2,1-4H3,(H,23,24)/t13-,14-/m0/s1. The maximum atomic E-state index is 12.3. The summed E-state index contributed by atoms with van der Waals surface area (Å²) in [5, 5.41) is 6.85. The number of hydrogen-bond acceptors (Lipinski definition) is 4. The molecule has 2 atom stereocenters. The van der Waals surface area contributed by atoms with Crippen LogP contribution in [0.4, 0.5) is 0 Å². The first-order valence-electron chi connectivity index (χ1n) is 8.45. The zero-order chi connectivity index (χ0) is 19.1. The monoisotopic (exact) mass is 376 g/mol. The van der Waals surface area contributed by atoms with Crippen molar-refractivity contribution in [3.05, 3.63) is 58.6 Å². The molecule has 0 aromatic heterocycles. The summed E-state index contributed by atoms with van der Waals surface area (Å²) in [6.07, 6.45) is 0. The zero-order valence-corrected chi connectivity index (χ0v) is 16.3. The van der Waals surface area contributed by atoms with Gasteiger partial charge in [-0.15, -0.1) is 0 Å². The van der Waals surface area contributed by atoms with Gasteiger partial charge in [-0.25, -0.2) is 0 Å². The Kier molecular flexibility index (Phi) is 7.30. The number of methoxy groups -OCH3 is 2. The highest BCUT2D eigenvalue weighted by Crippen LogP contribution is 2.29. The van der Waals surface area contributed by atoms with Crippen LogP contribution in [0.3, 0.4) is 0 Å². The Morgan fingerprint density at radius 2 is 1.77 bits per heavy atom. The van der Waals surface area contributed by atoms with Crippen LogP contribution in [-0.4, -0.2) is 26.7 Å². The minimum absolute atomic E-state index is 0.0314. The molecule has 0 radical (unpaired) electrons. The Bertz CT molecular complexity index is 752. The summed E-state index contributed by atoms with van der Waals surface area (Å²) in [6, 6.07) is 12.9. The van der Waals surface area contributed by atoms with Crippen LogP contribution in [-0.2, 0) is 4.79 Å². The molecule has 2 N–H and O–H groups in total. The highest BCUT2D eigenvalue weighted by atomic mass is 35.5. The van der Waals surface area contributed by atoms with Crippen molar-refractivity contribution >= 4 is 17.5 Å². The van der Waals surface area contributed by atoms with Crippen LogP contribution in [0.25, 0.3) is 0 Å². The molecule has 26 heavy (non-hydrogen) atoms. The van der Waals surface area contributed by atoms with Crippen molar-refractivity contribution in [3.8, 4) is 11.5 Å². The van der Waals surface area contributed by atoms with Crippen molar-refractivity contribution < 1.29 is 14.3 Å². The maximum absolute atomic E-state index is 12.3. The molecule has 6 heteroatoms. The molecule has 0 bridgehead atoms. The van der Waals surface area contributed by atoms with Crippen LogP contribution in [0.1, 0.15) is 37.1 Å². The summed E-state index contributed by atoms with van der Waals surface area (Å²) in [5.74, 6) is 1.31. The molecular formula is C20H25ClN2O3. The van der Waals surface area contributed by atoms with Gasteiger partial charge in [-0.05, 0) is 43.7 Å². The number of rotatable bonds is 8. The summed E-state index contributed by atoms with van der Waals surface area (Å²) in [4.78, 5) is 12.3. The van der Waals surface area contributed by atoms with Crippen molar-refractivity contribution in [1.82, 2.24) is 10.6 Å². The Balaban J connectivity index is 1.96. The van der Waals surface area contributed by atoms with E-state index in [1.165, 1.54) is 0 Å². The predicted octanol–water partition coefficient (Wildman–Crippen LogP) is 3.89. The first-order chi connectivity index (χ1) is 12.5. The third-order valence-electron chi connectivity index (χ3n) is 4.22. The number of amides is 1. The SMILES string of the molecule is COc1ccc(OC)c([C@H](C)NC(=O)CN[C@@H](C)c2ccccc2Cl)c1. The van der Waals surface area contributed by atoms with E-state index in [9.17, 15) is 4.79 Å². The van der Waals surface area contributed by atoms with Crippen LogP contribution in [0.5, 0.6) is 11.5 Å². The number of carbonyl (C=O) groups is 1. The lowest BCUT2D eigenvalue weighted by Crippen LogP contribution is -2.36. The second kappa shape index (κ2) is 9.46. The van der Waals surface area contributed by atoms with Crippen molar-refractivity contribution in [3.63, 3.8) is 0 Å². The largest absolute Gasteiger partial charge is 0.497 e. The van der Waals surface area contributed by atoms with Gasteiger partial charge in [0.15, 0.2) is 0 Å². The minimum atomic E-state index is -0.218. The van der Waals surface area contributed by atoms with Gasteiger partial charge in [-0.2, -0.15) is 0 Å². The lowest BCUT2D eigenvalue weighted by molar-refractivity contribution is -0.121. The zero-order valence-electron chi connectivity index (χ0n) is 15.5. The van der Waals surface area contributed by atoms with E-state index in [2.05, 4.69) is 10.6 Å². The van der Waals surface area contributed by atoms with Crippen LogP contribution in [0.2, 0.25) is 5.02 Å². The molecule has 0 saturated heterocycles. The molecule has 2 rings (SSSR count). The minimum Gasteiger partial charge on any atom is -0.497 e. The molecule has 140 valence electrons. The second-order valence-electron chi connectivity index (χ2n) is 6.02. The smallest absolute Gasteiger partial charge is 0.234 e. The molecule has 0 saturated carbocycles. The fourth-order valence-electron chi connectivity index (χ4n) is 2.73. The van der Waals surface area contributed by atoms with Gasteiger partial charge in [-0.1, -0.05) is 29.8 Å². The third kappa shape index (κ3) is 5.13. The predicted molar refractivity (Wildman–Crippen MR) is 104 cm³/mol. The molecule has 5 nitrogen and oxygen atoms in total. The van der Waals surface area contributed by atoms with Gasteiger partial charge >= 0.3 is 0 Å². The van der Waals surface area contributed by atoms with E-state index in [-0.39, 0.29) is 24.5 Å². The molecule has 0 spiro atoms. The summed E-state index contributed by atoms with van der Waals surface area (Å²) in [7, 11) is 3.21. The highest BCUT2D eigenvalue weighted by Gasteiger charge is 2.16. The summed E-state index contributed by atoms with van der Waals surface area (Å²) >= 11 is 6.19. The number of halogens is 1. The molecule has 1 amide bonds. The molecule has 2 aromatic carbocycles. The number of nitrogens with one attached hydrogen (secondary N) is 2. The van der Waals surface area contributed by atoms with Crippen molar-refractivity contribution in [1.29, 1.82) is 0 Å². The Labute approximate surface area is 159 Å². The van der Waals surface area contributed by atoms with E-state index in [0.29, 0.717) is 16.5 Å². The topological polar surface area (TPSA) is 59.6 Å². The lowest BCUT2D eigenvalue weighted by Gasteiger charge is -2.20. The van der Waals surface area contributed by atoms with Crippen LogP contribution in [0, 0.1) is 0 Å². The van der Waals surface area contributed by atoms with Gasteiger partial charge in [-0.3, -0.25) is 4.79 Å². The van der Waals surface area contributed by atoms with E-state index in [0.717, 1.165) is 11.1 Å². The van der Waals surface area contributed by atoms with Gasteiger partial charge in [0.1, 0.15) is 11.5 Å². The van der Waals surface area contributed by atoms with Gasteiger partial charge < -0.3 is 20.1 Å². The van der Waals surface area contributed by atoms with Crippen LogP contribution < -0.4 is 20.1 Å². The Morgan fingerprint density at radius 3 is 2.42 bits per heavy atom. The van der Waals surface area contributed by atoms with Gasteiger partial charge in [0, 0.05) is 16.6 Å². The number of hydrogen-bond donors (Lipinski definition) is 2. The normalized spacial score (nSPS) is 13.0. The average molecular weight is 377 g/mol. The summed E-state index contributed by atoms with van der Waals surface area (Å²) in [6.45, 7) is 4.07. The summed E-state index contributed by atoms with van der Waals surface area (Å²) in [5.41, 5.74) is 1.82. The fourth-order valence-corrected chi connectivity index (χ4v) is 3.03. The van der Waals surface area contributed by atoms with Crippen molar-refractivity contribution in [2.24, 2.45) is 0 Å². The molecule has 0 fully saturated rings. The first kappa shape index (κ1) is 20.1. The van der Waals surface area contributed by atoms with Crippen LogP contribution >= 0.6 is 11.6 Å². The first-order valence-corrected chi connectivity index (χ1v) is 8.83. The number of carbonyl (C=O) groups excluding carboxylic acids is 1. The Hall–Kier alpha value is -2.24. The summed E-state index contributed by atoms with van der Waals surface area (Å²) < 4.78 is 10.6. The molecule has 2 aromatic rings. The van der Waals surface area contributed by atoms with Crippen molar-refractivity contribution in [2.75, 3.05) is 20.8 Å². The average Bonchev–Trinajstić information content (AvgIpc) is 2.65. The quantitative estimate of drug-likeness (QED) is 0.733. The van der Waals surface area contributed by atoms with E-state index in [1.54, 1.807) is 14.2 Å². The van der Waals surface area contributed by atoms with Gasteiger partial charge in [0.25, 0.3) is 0 Å². The number of ether oxygens (including phenoxy) is 2. The second-order valence-corrected chi connectivity index (χ2v) is 6.43. The molecule has 0 heterocycles. The molecule has 0 aliphatic carbocycles. The molecule has 0 aliphatic rings. The Morgan fingerprint density at radius 1 is 1.04 bits per heavy atom. The van der Waals surface area contributed by atoms with E-state index in [1.807, 2.05) is 56.3 Å². The molecule has 0 aliphatic heterocycles. The van der Waals surface area contributed by atoms with Gasteiger partial charge in [0.05, 0.1) is 26.8 Å². The highest BCUT2D eigenvalue weighted by molar-refractivity contribution is 6.31. The van der Waals surface area contributed by atoms with Crippen LogP contribution in [0.15, 0.2) is 42.5 Å². The van der Waals surface area contributed by atoms with E-state index >= 15 is 0 Å². The van der Waals surface area contributed by atoms with Crippen molar-refractivity contribution in [2.45, 2.75) is 25.9 Å². The fraction of sp³-hybridized carbons (Fsp3) is 0.350.